The number of amides is 2. The van der Waals surface area contributed by atoms with Crippen molar-refractivity contribution in [3.05, 3.63) is 107 Å². The summed E-state index contributed by atoms with van der Waals surface area (Å²) < 4.78 is 5.45. The molecule has 1 aliphatic heterocycles. The van der Waals surface area contributed by atoms with Crippen molar-refractivity contribution in [2.45, 2.75) is 13.3 Å². The molecule has 2 aliphatic carbocycles. The Labute approximate surface area is 246 Å². The van der Waals surface area contributed by atoms with Crippen LogP contribution in [-0.2, 0) is 14.3 Å². The highest BCUT2D eigenvalue weighted by Gasteiger charge is 2.59. The van der Waals surface area contributed by atoms with Crippen molar-refractivity contribution in [1.29, 1.82) is 0 Å². The SMILES string of the molecule is Cc1ccc2nc(-c3ccc(N4C(=O)C5C6C=CC(C6)C5C4=O)cc3)cc(C(=O)OCC(=O)c3ccc(Cl)cc3)c2c1. The Morgan fingerprint density at radius 3 is 2.24 bits per heavy atom. The van der Waals surface area contributed by atoms with E-state index in [0.29, 0.717) is 38.4 Å². The van der Waals surface area contributed by atoms with Gasteiger partial charge in [-0.25, -0.2) is 9.78 Å². The molecular formula is C34H25ClN2O5. The number of imide groups is 1. The molecule has 2 fully saturated rings. The molecule has 7 rings (SSSR count). The Morgan fingerprint density at radius 1 is 0.905 bits per heavy atom. The van der Waals surface area contributed by atoms with E-state index < -0.39 is 12.6 Å². The third kappa shape index (κ3) is 4.32. The summed E-state index contributed by atoms with van der Waals surface area (Å²) in [6, 6.07) is 20.7. The van der Waals surface area contributed by atoms with Gasteiger partial charge in [-0.1, -0.05) is 47.5 Å². The minimum absolute atomic E-state index is 0.132. The first kappa shape index (κ1) is 26.3. The normalized spacial score (nSPS) is 22.2. The van der Waals surface area contributed by atoms with E-state index in [1.165, 1.54) is 4.90 Å². The number of esters is 1. The fourth-order valence-electron chi connectivity index (χ4n) is 6.52. The topological polar surface area (TPSA) is 93.6 Å². The Kier molecular flexibility index (Phi) is 6.28. The Morgan fingerprint density at radius 2 is 1.57 bits per heavy atom. The number of anilines is 1. The number of aromatic nitrogens is 1. The molecule has 3 aliphatic rings. The fraction of sp³-hybridized carbons (Fsp3) is 0.206. The maximum atomic E-state index is 13.3. The van der Waals surface area contributed by atoms with E-state index in [-0.39, 0.29) is 46.8 Å². The minimum atomic E-state index is -0.642. The zero-order chi connectivity index (χ0) is 29.1. The quantitative estimate of drug-likeness (QED) is 0.117. The number of ketones is 1. The predicted molar refractivity (Wildman–Crippen MR) is 158 cm³/mol. The number of halogens is 1. The van der Waals surface area contributed by atoms with Crippen molar-refractivity contribution in [1.82, 2.24) is 4.98 Å². The van der Waals surface area contributed by atoms with Gasteiger partial charge in [0.15, 0.2) is 12.4 Å². The molecule has 0 radical (unpaired) electrons. The molecule has 3 aromatic carbocycles. The van der Waals surface area contributed by atoms with Crippen LogP contribution < -0.4 is 4.90 Å². The Bertz CT molecular complexity index is 1800. The highest BCUT2D eigenvalue weighted by molar-refractivity contribution is 6.30. The molecule has 1 saturated heterocycles. The Balaban J connectivity index is 1.16. The van der Waals surface area contributed by atoms with Crippen molar-refractivity contribution >= 4 is 51.8 Å². The molecule has 8 heteroatoms. The number of hydrogen-bond acceptors (Lipinski definition) is 6. The van der Waals surface area contributed by atoms with E-state index >= 15 is 0 Å². The minimum Gasteiger partial charge on any atom is -0.454 e. The van der Waals surface area contributed by atoms with Crippen LogP contribution in [0.3, 0.4) is 0 Å². The van der Waals surface area contributed by atoms with Crippen molar-refractivity contribution in [3.8, 4) is 11.3 Å². The van der Waals surface area contributed by atoms with Gasteiger partial charge < -0.3 is 4.74 Å². The molecule has 2 heterocycles. The van der Waals surface area contributed by atoms with Gasteiger partial charge in [-0.2, -0.15) is 0 Å². The number of allylic oxidation sites excluding steroid dienone is 2. The van der Waals surface area contributed by atoms with Crippen LogP contribution in [0.2, 0.25) is 5.02 Å². The first-order valence-electron chi connectivity index (χ1n) is 13.8. The molecule has 1 saturated carbocycles. The number of nitrogens with zero attached hydrogens (tertiary/aromatic N) is 2. The van der Waals surface area contributed by atoms with E-state index in [4.69, 9.17) is 21.3 Å². The van der Waals surface area contributed by atoms with Crippen LogP contribution in [0.15, 0.2) is 84.9 Å². The van der Waals surface area contributed by atoms with E-state index in [9.17, 15) is 19.2 Å². The maximum Gasteiger partial charge on any atom is 0.339 e. The molecule has 42 heavy (non-hydrogen) atoms. The zero-order valence-electron chi connectivity index (χ0n) is 22.6. The van der Waals surface area contributed by atoms with Gasteiger partial charge in [0, 0.05) is 21.5 Å². The highest BCUT2D eigenvalue weighted by Crippen LogP contribution is 2.53. The molecule has 1 aromatic heterocycles. The van der Waals surface area contributed by atoms with E-state index in [2.05, 4.69) is 12.2 Å². The number of pyridine rings is 1. The lowest BCUT2D eigenvalue weighted by Crippen LogP contribution is -2.32. The second-order valence-electron chi connectivity index (χ2n) is 11.1. The number of fused-ring (bicyclic) bond motifs is 6. The van der Waals surface area contributed by atoms with Crippen molar-refractivity contribution < 1.29 is 23.9 Å². The van der Waals surface area contributed by atoms with Crippen LogP contribution in [-0.4, -0.2) is 35.2 Å². The van der Waals surface area contributed by atoms with Crippen molar-refractivity contribution in [2.75, 3.05) is 11.5 Å². The largest absolute Gasteiger partial charge is 0.454 e. The van der Waals surface area contributed by atoms with Gasteiger partial charge in [0.05, 0.1) is 34.3 Å². The van der Waals surface area contributed by atoms with Gasteiger partial charge in [0.25, 0.3) is 0 Å². The van der Waals surface area contributed by atoms with E-state index in [1.807, 2.05) is 25.1 Å². The highest BCUT2D eigenvalue weighted by atomic mass is 35.5. The molecule has 2 bridgehead atoms. The lowest BCUT2D eigenvalue weighted by atomic mass is 9.85. The van der Waals surface area contributed by atoms with Crippen LogP contribution in [0.5, 0.6) is 0 Å². The predicted octanol–water partition coefficient (Wildman–Crippen LogP) is 6.21. The number of hydrogen-bond donors (Lipinski definition) is 0. The summed E-state index contributed by atoms with van der Waals surface area (Å²) in [7, 11) is 0. The fourth-order valence-corrected chi connectivity index (χ4v) is 6.65. The summed E-state index contributed by atoms with van der Waals surface area (Å²) in [4.78, 5) is 58.4. The second-order valence-corrected chi connectivity index (χ2v) is 11.6. The average molecular weight is 577 g/mol. The summed E-state index contributed by atoms with van der Waals surface area (Å²) in [5.74, 6) is -1.49. The summed E-state index contributed by atoms with van der Waals surface area (Å²) in [5, 5.41) is 1.12. The van der Waals surface area contributed by atoms with Gasteiger partial charge >= 0.3 is 5.97 Å². The number of benzene rings is 3. The zero-order valence-corrected chi connectivity index (χ0v) is 23.4. The monoisotopic (exact) mass is 576 g/mol. The van der Waals surface area contributed by atoms with Gasteiger partial charge in [-0.15, -0.1) is 0 Å². The summed E-state index contributed by atoms with van der Waals surface area (Å²) in [5.41, 5.74) is 3.97. The van der Waals surface area contributed by atoms with Crippen LogP contribution in [0.1, 0.15) is 32.7 Å². The van der Waals surface area contributed by atoms with Crippen LogP contribution in [0.25, 0.3) is 22.2 Å². The van der Waals surface area contributed by atoms with Crippen LogP contribution >= 0.6 is 11.6 Å². The lowest BCUT2D eigenvalue weighted by molar-refractivity contribution is -0.123. The summed E-state index contributed by atoms with van der Waals surface area (Å²) >= 11 is 5.91. The molecule has 7 nitrogen and oxygen atoms in total. The van der Waals surface area contributed by atoms with E-state index in [0.717, 1.165) is 12.0 Å². The average Bonchev–Trinajstić information content (AvgIpc) is 3.69. The lowest BCUT2D eigenvalue weighted by Gasteiger charge is -2.17. The van der Waals surface area contributed by atoms with Crippen LogP contribution in [0.4, 0.5) is 5.69 Å². The molecule has 4 aromatic rings. The molecule has 0 spiro atoms. The van der Waals surface area contributed by atoms with Gasteiger partial charge in [0.2, 0.25) is 11.8 Å². The van der Waals surface area contributed by atoms with Crippen LogP contribution in [0, 0.1) is 30.6 Å². The van der Waals surface area contributed by atoms with Gasteiger partial charge in [-0.3, -0.25) is 19.3 Å². The molecule has 2 amide bonds. The summed E-state index contributed by atoms with van der Waals surface area (Å²) in [6.07, 6.45) is 5.03. The number of carbonyl (C=O) groups is 4. The molecule has 0 N–H and O–H groups in total. The maximum absolute atomic E-state index is 13.3. The number of aryl methyl sites for hydroxylation is 1. The molecule has 208 valence electrons. The van der Waals surface area contributed by atoms with Crippen molar-refractivity contribution in [3.63, 3.8) is 0 Å². The third-order valence-corrected chi connectivity index (χ3v) is 8.83. The third-order valence-electron chi connectivity index (χ3n) is 8.58. The summed E-state index contributed by atoms with van der Waals surface area (Å²) in [6.45, 7) is 1.50. The Hall–Kier alpha value is -4.62. The molecular weight excluding hydrogens is 552 g/mol. The number of Topliss-reactive ketones (excluding diaryl/α,β-unsaturated/α-hetero) is 1. The smallest absolute Gasteiger partial charge is 0.339 e. The number of ether oxygens (including phenoxy) is 1. The van der Waals surface area contributed by atoms with E-state index in [1.54, 1.807) is 54.6 Å². The van der Waals surface area contributed by atoms with Gasteiger partial charge in [0.1, 0.15) is 0 Å². The standard InChI is InChI=1S/C34H25ClN2O5/c1-18-2-13-27-25(14-18)26(34(41)42-17-29(38)20-5-9-23(35)10-6-20)16-28(36-27)19-7-11-24(12-8-19)37-32(39)30-21-3-4-22(15-21)31(30)33(37)40/h2-14,16,21-22,30-31H,15,17H2,1H3. The molecule has 4 unspecified atom stereocenters. The van der Waals surface area contributed by atoms with Crippen molar-refractivity contribution in [2.24, 2.45) is 23.7 Å². The number of carbonyl (C=O) groups excluding carboxylic acids is 4. The van der Waals surface area contributed by atoms with Gasteiger partial charge in [-0.05, 0) is 79.8 Å². The molecule has 4 atom stereocenters. The number of rotatable bonds is 6. The first-order valence-corrected chi connectivity index (χ1v) is 14.2. The second kappa shape index (κ2) is 10.0. The first-order chi connectivity index (χ1) is 20.3.